The summed E-state index contributed by atoms with van der Waals surface area (Å²) in [7, 11) is 1.44. The maximum Gasteiger partial charge on any atom is 0.354 e. The number of carbonyl (C=O) groups is 1. The van der Waals surface area contributed by atoms with Crippen LogP contribution >= 0.6 is 11.6 Å². The second kappa shape index (κ2) is 9.52. The molecule has 0 saturated carbocycles. The number of ether oxygens (including phenoxy) is 1. The molecule has 1 aromatic heterocycles. The monoisotopic (exact) mass is 428 g/mol. The molecule has 1 heterocycles. The number of nitrogens with one attached hydrogen (secondary N) is 3. The lowest BCUT2D eigenvalue weighted by atomic mass is 10.2. The predicted octanol–water partition coefficient (Wildman–Crippen LogP) is 3.42. The molecule has 30 heavy (non-hydrogen) atoms. The van der Waals surface area contributed by atoms with E-state index in [1.165, 1.54) is 7.11 Å². The maximum absolute atomic E-state index is 12.4. The summed E-state index contributed by atoms with van der Waals surface area (Å²) in [6.07, 6.45) is 1.14. The number of carbonyl (C=O) groups excluding carboxylic acids is 1. The van der Waals surface area contributed by atoms with Gasteiger partial charge in [0.15, 0.2) is 0 Å². The van der Waals surface area contributed by atoms with Gasteiger partial charge in [-0.05, 0) is 23.8 Å². The number of methoxy groups -OCH3 is 1. The summed E-state index contributed by atoms with van der Waals surface area (Å²) in [5.74, 6) is -0.397. The smallest absolute Gasteiger partial charge is 0.354 e. The third-order valence-electron chi connectivity index (χ3n) is 4.06. The molecule has 0 aliphatic heterocycles. The molecule has 2 aromatic carbocycles. The van der Waals surface area contributed by atoms with E-state index in [2.05, 4.69) is 26.1 Å². The Balaban J connectivity index is 1.78. The van der Waals surface area contributed by atoms with Gasteiger partial charge in [-0.3, -0.25) is 25.8 Å². The van der Waals surface area contributed by atoms with Crippen LogP contribution < -0.4 is 20.9 Å². The maximum atomic E-state index is 12.4. The number of halogens is 1. The van der Waals surface area contributed by atoms with Gasteiger partial charge in [-0.15, -0.1) is 0 Å². The van der Waals surface area contributed by atoms with Gasteiger partial charge < -0.3 is 10.1 Å². The van der Waals surface area contributed by atoms with E-state index in [9.17, 15) is 14.9 Å². The number of para-hydroxylation sites is 1. The Kier molecular flexibility index (Phi) is 6.60. The number of nitrogens with zero attached hydrogens (tertiary/aromatic N) is 3. The van der Waals surface area contributed by atoms with E-state index in [0.717, 1.165) is 11.9 Å². The molecular weight excluding hydrogens is 412 g/mol. The topological polar surface area (TPSA) is 131 Å². The zero-order valence-corrected chi connectivity index (χ0v) is 16.5. The molecule has 10 nitrogen and oxygen atoms in total. The van der Waals surface area contributed by atoms with Gasteiger partial charge in [0.1, 0.15) is 12.1 Å². The second-order valence-corrected chi connectivity index (χ2v) is 6.31. The van der Waals surface area contributed by atoms with Crippen LogP contribution in [0.4, 0.5) is 17.3 Å². The highest BCUT2D eigenvalue weighted by molar-refractivity contribution is 6.31. The van der Waals surface area contributed by atoms with Crippen molar-refractivity contribution < 1.29 is 14.5 Å². The Labute approximate surface area is 176 Å². The summed E-state index contributed by atoms with van der Waals surface area (Å²) in [6, 6.07) is 13.7. The molecule has 1 amide bonds. The van der Waals surface area contributed by atoms with Crippen LogP contribution in [0.15, 0.2) is 54.9 Å². The summed E-state index contributed by atoms with van der Waals surface area (Å²) >= 11 is 6.11. The van der Waals surface area contributed by atoms with Gasteiger partial charge in [-0.1, -0.05) is 41.9 Å². The van der Waals surface area contributed by atoms with E-state index in [4.69, 9.17) is 16.3 Å². The highest BCUT2D eigenvalue weighted by Crippen LogP contribution is 2.29. The quantitative estimate of drug-likeness (QED) is 0.367. The zero-order chi connectivity index (χ0) is 21.5. The number of hydrogen-bond donors (Lipinski definition) is 3. The Morgan fingerprint density at radius 1 is 1.13 bits per heavy atom. The lowest BCUT2D eigenvalue weighted by Crippen LogP contribution is -2.30. The molecular formula is C19H17ClN6O4. The summed E-state index contributed by atoms with van der Waals surface area (Å²) in [6.45, 7) is 0.213. The minimum absolute atomic E-state index is 0.0241. The van der Waals surface area contributed by atoms with Gasteiger partial charge in [-0.2, -0.15) is 0 Å². The molecule has 0 fully saturated rings. The molecule has 3 aromatic rings. The standard InChI is InChI=1S/C19H17ClN6O4/c1-30-15-9-5-3-7-13(15)19(27)25-24-18-16(26(28)29)17(22-11-23-18)21-10-12-6-2-4-8-14(12)20/h2-9,11H,10H2,1H3,(H,25,27)(H2,21,22,23,24). The molecule has 0 unspecified atom stereocenters. The summed E-state index contributed by atoms with van der Waals surface area (Å²) in [5.41, 5.74) is 5.43. The molecule has 0 saturated heterocycles. The first-order valence-electron chi connectivity index (χ1n) is 8.67. The third kappa shape index (κ3) is 4.73. The van der Waals surface area contributed by atoms with Crippen LogP contribution in [0.5, 0.6) is 5.75 Å². The van der Waals surface area contributed by atoms with Crippen LogP contribution in [0.3, 0.4) is 0 Å². The number of benzene rings is 2. The number of anilines is 2. The highest BCUT2D eigenvalue weighted by Gasteiger charge is 2.24. The fourth-order valence-corrected chi connectivity index (χ4v) is 2.81. The van der Waals surface area contributed by atoms with Crippen LogP contribution in [0.25, 0.3) is 0 Å². The summed E-state index contributed by atoms with van der Waals surface area (Å²) < 4.78 is 5.14. The van der Waals surface area contributed by atoms with E-state index in [-0.39, 0.29) is 23.7 Å². The third-order valence-corrected chi connectivity index (χ3v) is 4.42. The lowest BCUT2D eigenvalue weighted by molar-refractivity contribution is -0.383. The first-order valence-corrected chi connectivity index (χ1v) is 9.05. The van der Waals surface area contributed by atoms with Crippen LogP contribution in [0, 0.1) is 10.1 Å². The van der Waals surface area contributed by atoms with E-state index in [0.29, 0.717) is 10.8 Å². The van der Waals surface area contributed by atoms with Crippen LogP contribution in [0.1, 0.15) is 15.9 Å². The normalized spacial score (nSPS) is 10.2. The van der Waals surface area contributed by atoms with E-state index in [1.54, 1.807) is 48.5 Å². The second-order valence-electron chi connectivity index (χ2n) is 5.90. The Bertz CT molecular complexity index is 1080. The highest BCUT2D eigenvalue weighted by atomic mass is 35.5. The SMILES string of the molecule is COc1ccccc1C(=O)NNc1ncnc(NCc2ccccc2Cl)c1[N+](=O)[O-]. The van der Waals surface area contributed by atoms with Crippen molar-refractivity contribution >= 4 is 34.8 Å². The Morgan fingerprint density at radius 3 is 2.57 bits per heavy atom. The van der Waals surface area contributed by atoms with Crippen molar-refractivity contribution in [3.05, 3.63) is 81.1 Å². The van der Waals surface area contributed by atoms with Crippen molar-refractivity contribution in [2.75, 3.05) is 17.9 Å². The number of aromatic nitrogens is 2. The Morgan fingerprint density at radius 2 is 1.83 bits per heavy atom. The van der Waals surface area contributed by atoms with E-state index >= 15 is 0 Å². The van der Waals surface area contributed by atoms with E-state index in [1.807, 2.05) is 0 Å². The van der Waals surface area contributed by atoms with Gasteiger partial charge in [0.2, 0.25) is 11.6 Å². The predicted molar refractivity (Wildman–Crippen MR) is 112 cm³/mol. The molecule has 0 bridgehead atoms. The Hall–Kier alpha value is -3.92. The molecule has 0 aliphatic carbocycles. The van der Waals surface area contributed by atoms with Gasteiger partial charge in [-0.25, -0.2) is 9.97 Å². The van der Waals surface area contributed by atoms with E-state index < -0.39 is 16.5 Å². The number of rotatable bonds is 8. The number of amides is 1. The molecule has 0 atom stereocenters. The van der Waals surface area contributed by atoms with Crippen LogP contribution in [-0.2, 0) is 6.54 Å². The van der Waals surface area contributed by atoms with Gasteiger partial charge >= 0.3 is 5.69 Å². The van der Waals surface area contributed by atoms with Crippen molar-refractivity contribution in [2.24, 2.45) is 0 Å². The molecule has 3 rings (SSSR count). The molecule has 3 N–H and O–H groups in total. The first-order chi connectivity index (χ1) is 14.5. The number of nitro groups is 1. The van der Waals surface area contributed by atoms with Gasteiger partial charge in [0.05, 0.1) is 17.6 Å². The average Bonchev–Trinajstić information content (AvgIpc) is 2.76. The zero-order valence-electron chi connectivity index (χ0n) is 15.8. The lowest BCUT2D eigenvalue weighted by Gasteiger charge is -2.12. The van der Waals surface area contributed by atoms with Crippen LogP contribution in [-0.4, -0.2) is 27.9 Å². The van der Waals surface area contributed by atoms with Crippen molar-refractivity contribution in [2.45, 2.75) is 6.54 Å². The first kappa shape index (κ1) is 20.8. The van der Waals surface area contributed by atoms with Crippen LogP contribution in [0.2, 0.25) is 5.02 Å². The average molecular weight is 429 g/mol. The van der Waals surface area contributed by atoms with Crippen molar-refractivity contribution in [3.63, 3.8) is 0 Å². The molecule has 11 heteroatoms. The molecule has 0 aliphatic rings. The number of hydrogen-bond acceptors (Lipinski definition) is 8. The largest absolute Gasteiger partial charge is 0.496 e. The van der Waals surface area contributed by atoms with Crippen molar-refractivity contribution in [1.29, 1.82) is 0 Å². The van der Waals surface area contributed by atoms with Gasteiger partial charge in [0, 0.05) is 11.6 Å². The molecule has 0 radical (unpaired) electrons. The molecule has 0 spiro atoms. The fourth-order valence-electron chi connectivity index (χ4n) is 2.61. The summed E-state index contributed by atoms with van der Waals surface area (Å²) in [4.78, 5) is 31.2. The van der Waals surface area contributed by atoms with Crippen molar-refractivity contribution in [3.8, 4) is 5.75 Å². The van der Waals surface area contributed by atoms with Gasteiger partial charge in [0.25, 0.3) is 5.91 Å². The van der Waals surface area contributed by atoms with Crippen molar-refractivity contribution in [1.82, 2.24) is 15.4 Å². The fraction of sp³-hybridized carbons (Fsp3) is 0.105. The number of hydrazine groups is 1. The summed E-state index contributed by atoms with van der Waals surface area (Å²) in [5, 5.41) is 15.0. The molecule has 154 valence electrons. The minimum Gasteiger partial charge on any atom is -0.496 e. The minimum atomic E-state index is -0.646.